The van der Waals surface area contributed by atoms with Crippen molar-refractivity contribution in [3.8, 4) is 5.75 Å². The van der Waals surface area contributed by atoms with Crippen LogP contribution in [0.15, 0.2) is 60.7 Å². The number of aromatic nitrogens is 1. The standard InChI is InChI=1S/C20H15ClFN3O3/c1-28-18-10-9-14(11-15(18)21)24-20(27)17-4-2-3-16(25-17)19(26)23-13-7-5-12(22)6-8-13/h2-11H,1H3,(H,23,26)(H,24,27). The van der Waals surface area contributed by atoms with Crippen molar-refractivity contribution in [1.29, 1.82) is 0 Å². The lowest BCUT2D eigenvalue weighted by Gasteiger charge is -2.09. The van der Waals surface area contributed by atoms with Gasteiger partial charge in [-0.2, -0.15) is 0 Å². The van der Waals surface area contributed by atoms with Gasteiger partial charge >= 0.3 is 0 Å². The minimum absolute atomic E-state index is 0.0461. The molecule has 0 fully saturated rings. The monoisotopic (exact) mass is 399 g/mol. The molecule has 2 aromatic carbocycles. The van der Waals surface area contributed by atoms with E-state index in [1.165, 1.54) is 43.5 Å². The number of ether oxygens (including phenoxy) is 1. The van der Waals surface area contributed by atoms with E-state index in [1.807, 2.05) is 0 Å². The van der Waals surface area contributed by atoms with E-state index in [0.29, 0.717) is 22.1 Å². The largest absolute Gasteiger partial charge is 0.495 e. The Morgan fingerprint density at radius 3 is 2.07 bits per heavy atom. The van der Waals surface area contributed by atoms with E-state index in [1.54, 1.807) is 24.3 Å². The molecule has 0 bridgehead atoms. The lowest BCUT2D eigenvalue weighted by atomic mass is 10.2. The first-order valence-electron chi connectivity index (χ1n) is 8.15. The predicted octanol–water partition coefficient (Wildman–Crippen LogP) is 4.39. The average molecular weight is 400 g/mol. The first kappa shape index (κ1) is 19.3. The average Bonchev–Trinajstić information content (AvgIpc) is 2.70. The number of nitrogens with zero attached hydrogens (tertiary/aromatic N) is 1. The van der Waals surface area contributed by atoms with Crippen LogP contribution in [0.3, 0.4) is 0 Å². The number of hydrogen-bond donors (Lipinski definition) is 2. The second-order valence-corrected chi connectivity index (χ2v) is 6.08. The molecule has 3 rings (SSSR count). The Balaban J connectivity index is 1.73. The zero-order chi connectivity index (χ0) is 20.1. The maximum atomic E-state index is 13.0. The van der Waals surface area contributed by atoms with E-state index >= 15 is 0 Å². The minimum atomic E-state index is -0.520. The van der Waals surface area contributed by atoms with Gasteiger partial charge in [0.1, 0.15) is 23.0 Å². The number of carbonyl (C=O) groups excluding carboxylic acids is 2. The molecule has 0 saturated carbocycles. The molecule has 0 saturated heterocycles. The molecule has 2 N–H and O–H groups in total. The minimum Gasteiger partial charge on any atom is -0.495 e. The van der Waals surface area contributed by atoms with E-state index in [-0.39, 0.29) is 11.4 Å². The van der Waals surface area contributed by atoms with Crippen molar-refractivity contribution in [3.63, 3.8) is 0 Å². The maximum absolute atomic E-state index is 13.0. The number of halogens is 2. The maximum Gasteiger partial charge on any atom is 0.274 e. The van der Waals surface area contributed by atoms with Gasteiger partial charge in [-0.15, -0.1) is 0 Å². The van der Waals surface area contributed by atoms with Crippen LogP contribution in [0.25, 0.3) is 0 Å². The summed E-state index contributed by atoms with van der Waals surface area (Å²) in [5.41, 5.74) is 0.970. The predicted molar refractivity (Wildman–Crippen MR) is 105 cm³/mol. The fourth-order valence-electron chi connectivity index (χ4n) is 2.36. The third kappa shape index (κ3) is 4.63. The molecule has 0 unspecified atom stereocenters. The van der Waals surface area contributed by atoms with Crippen molar-refractivity contribution in [3.05, 3.63) is 82.9 Å². The van der Waals surface area contributed by atoms with E-state index in [9.17, 15) is 14.0 Å². The van der Waals surface area contributed by atoms with Gasteiger partial charge in [0.25, 0.3) is 11.8 Å². The van der Waals surface area contributed by atoms with Crippen molar-refractivity contribution in [2.45, 2.75) is 0 Å². The number of benzene rings is 2. The van der Waals surface area contributed by atoms with Crippen molar-refractivity contribution < 1.29 is 18.7 Å². The van der Waals surface area contributed by atoms with Crippen molar-refractivity contribution in [2.75, 3.05) is 17.7 Å². The molecule has 1 heterocycles. The number of pyridine rings is 1. The number of rotatable bonds is 5. The van der Waals surface area contributed by atoms with Crippen LogP contribution in [-0.4, -0.2) is 23.9 Å². The second-order valence-electron chi connectivity index (χ2n) is 5.67. The Hall–Kier alpha value is -3.45. The number of carbonyl (C=O) groups is 2. The van der Waals surface area contributed by atoms with Gasteiger partial charge in [0.05, 0.1) is 12.1 Å². The van der Waals surface area contributed by atoms with Gasteiger partial charge in [0, 0.05) is 11.4 Å². The molecule has 142 valence electrons. The van der Waals surface area contributed by atoms with Crippen LogP contribution < -0.4 is 15.4 Å². The summed E-state index contributed by atoms with van der Waals surface area (Å²) in [6.45, 7) is 0. The van der Waals surface area contributed by atoms with Gasteiger partial charge in [0.15, 0.2) is 0 Å². The van der Waals surface area contributed by atoms with Crippen LogP contribution in [-0.2, 0) is 0 Å². The molecule has 6 nitrogen and oxygen atoms in total. The van der Waals surface area contributed by atoms with Crippen LogP contribution >= 0.6 is 11.6 Å². The van der Waals surface area contributed by atoms with Crippen molar-refractivity contribution in [2.24, 2.45) is 0 Å². The molecule has 0 aliphatic rings. The van der Waals surface area contributed by atoms with E-state index in [2.05, 4.69) is 15.6 Å². The van der Waals surface area contributed by atoms with E-state index in [4.69, 9.17) is 16.3 Å². The fraction of sp³-hybridized carbons (Fsp3) is 0.0500. The summed E-state index contributed by atoms with van der Waals surface area (Å²) < 4.78 is 18.0. The van der Waals surface area contributed by atoms with Gasteiger partial charge in [-0.3, -0.25) is 9.59 Å². The SMILES string of the molecule is COc1ccc(NC(=O)c2cccc(C(=O)Nc3ccc(F)cc3)n2)cc1Cl. The summed E-state index contributed by atoms with van der Waals surface area (Å²) in [5, 5.41) is 5.60. The first-order chi connectivity index (χ1) is 13.5. The van der Waals surface area contributed by atoms with Gasteiger partial charge in [-0.05, 0) is 54.6 Å². The fourth-order valence-corrected chi connectivity index (χ4v) is 2.61. The molecular weight excluding hydrogens is 385 g/mol. The first-order valence-corrected chi connectivity index (χ1v) is 8.53. The summed E-state index contributed by atoms with van der Waals surface area (Å²) in [6.07, 6.45) is 0. The Morgan fingerprint density at radius 2 is 1.50 bits per heavy atom. The Kier molecular flexibility index (Phi) is 5.86. The molecule has 0 atom stereocenters. The number of amides is 2. The highest BCUT2D eigenvalue weighted by molar-refractivity contribution is 6.32. The lowest BCUT2D eigenvalue weighted by molar-refractivity contribution is 0.101. The highest BCUT2D eigenvalue weighted by atomic mass is 35.5. The summed E-state index contributed by atoms with van der Waals surface area (Å²) in [5.74, 6) is -0.947. The molecule has 28 heavy (non-hydrogen) atoms. The van der Waals surface area contributed by atoms with Crippen molar-refractivity contribution in [1.82, 2.24) is 4.98 Å². The van der Waals surface area contributed by atoms with Crippen LogP contribution in [0.2, 0.25) is 5.02 Å². The number of methoxy groups -OCH3 is 1. The lowest BCUT2D eigenvalue weighted by Crippen LogP contribution is -2.18. The van der Waals surface area contributed by atoms with E-state index < -0.39 is 17.6 Å². The normalized spacial score (nSPS) is 10.2. The Morgan fingerprint density at radius 1 is 0.929 bits per heavy atom. The van der Waals surface area contributed by atoms with Gasteiger partial charge in [-0.1, -0.05) is 17.7 Å². The summed E-state index contributed by atoms with van der Waals surface area (Å²) in [4.78, 5) is 28.8. The highest BCUT2D eigenvalue weighted by Crippen LogP contribution is 2.27. The quantitative estimate of drug-likeness (QED) is 0.667. The molecular formula is C20H15ClFN3O3. The topological polar surface area (TPSA) is 80.3 Å². The number of hydrogen-bond acceptors (Lipinski definition) is 4. The molecule has 0 aliphatic carbocycles. The number of anilines is 2. The van der Waals surface area contributed by atoms with Crippen molar-refractivity contribution >= 4 is 34.8 Å². The third-order valence-corrected chi connectivity index (χ3v) is 4.02. The molecule has 8 heteroatoms. The summed E-state index contributed by atoms with van der Waals surface area (Å²) in [6, 6.07) is 14.6. The number of nitrogens with one attached hydrogen (secondary N) is 2. The van der Waals surface area contributed by atoms with E-state index in [0.717, 1.165) is 0 Å². The molecule has 0 spiro atoms. The second kappa shape index (κ2) is 8.49. The molecule has 0 radical (unpaired) electrons. The molecule has 3 aromatic rings. The summed E-state index contributed by atoms with van der Waals surface area (Å²) >= 11 is 6.04. The van der Waals surface area contributed by atoms with Crippen LogP contribution in [0.4, 0.5) is 15.8 Å². The Bertz CT molecular complexity index is 1030. The highest BCUT2D eigenvalue weighted by Gasteiger charge is 2.13. The van der Waals surface area contributed by atoms with Gasteiger partial charge < -0.3 is 15.4 Å². The van der Waals surface area contributed by atoms with Gasteiger partial charge in [-0.25, -0.2) is 9.37 Å². The van der Waals surface area contributed by atoms with Crippen LogP contribution in [0.5, 0.6) is 5.75 Å². The zero-order valence-electron chi connectivity index (χ0n) is 14.7. The molecule has 2 amide bonds. The third-order valence-electron chi connectivity index (χ3n) is 3.73. The molecule has 1 aromatic heterocycles. The summed E-state index contributed by atoms with van der Waals surface area (Å²) in [7, 11) is 1.49. The van der Waals surface area contributed by atoms with Crippen LogP contribution in [0.1, 0.15) is 21.0 Å². The Labute approximate surface area is 165 Å². The van der Waals surface area contributed by atoms with Crippen LogP contribution in [0, 0.1) is 5.82 Å². The zero-order valence-corrected chi connectivity index (χ0v) is 15.5. The molecule has 0 aliphatic heterocycles. The van der Waals surface area contributed by atoms with Gasteiger partial charge in [0.2, 0.25) is 0 Å². The smallest absolute Gasteiger partial charge is 0.274 e.